The molecule has 1 aliphatic heterocycles. The molecule has 2 rings (SSSR count). The van der Waals surface area contributed by atoms with E-state index in [1.54, 1.807) is 25.1 Å². The van der Waals surface area contributed by atoms with Crippen molar-refractivity contribution in [3.8, 4) is 0 Å². The molecule has 0 aromatic heterocycles. The van der Waals surface area contributed by atoms with Crippen molar-refractivity contribution in [2.75, 3.05) is 11.4 Å². The van der Waals surface area contributed by atoms with E-state index in [9.17, 15) is 14.4 Å². The fourth-order valence-corrected chi connectivity index (χ4v) is 2.28. The number of fused-ring (bicyclic) bond motifs is 1. The van der Waals surface area contributed by atoms with E-state index in [0.717, 1.165) is 0 Å². The zero-order valence-corrected chi connectivity index (χ0v) is 10.8. The largest absolute Gasteiger partial charge is 0.299 e. The van der Waals surface area contributed by atoms with Crippen LogP contribution >= 0.6 is 15.9 Å². The van der Waals surface area contributed by atoms with Gasteiger partial charge in [0, 0.05) is 10.9 Å². The molecule has 1 heterocycles. The normalized spacial score (nSPS) is 14.1. The van der Waals surface area contributed by atoms with Gasteiger partial charge in [0.2, 0.25) is 0 Å². The zero-order chi connectivity index (χ0) is 12.6. The summed E-state index contributed by atoms with van der Waals surface area (Å²) in [4.78, 5) is 36.2. The number of rotatable bonds is 3. The van der Waals surface area contributed by atoms with Crippen LogP contribution in [0.2, 0.25) is 0 Å². The second-order valence-electron chi connectivity index (χ2n) is 3.75. The summed E-state index contributed by atoms with van der Waals surface area (Å²) < 4.78 is 0.583. The van der Waals surface area contributed by atoms with Crippen molar-refractivity contribution in [3.05, 3.63) is 28.2 Å². The van der Waals surface area contributed by atoms with Gasteiger partial charge >= 0.3 is 0 Å². The highest BCUT2D eigenvalue weighted by Gasteiger charge is 2.37. The van der Waals surface area contributed by atoms with Crippen LogP contribution in [0.3, 0.4) is 0 Å². The van der Waals surface area contributed by atoms with Crippen LogP contribution in [-0.4, -0.2) is 24.0 Å². The standard InChI is InChI=1S/C12H10BrNO3/c1-2-7(15)6-14-9-5-3-4-8(13)10(9)11(16)12(14)17/h3-5H,2,6H2,1H3. The van der Waals surface area contributed by atoms with Gasteiger partial charge in [-0.3, -0.25) is 19.3 Å². The molecule has 1 aliphatic rings. The van der Waals surface area contributed by atoms with Gasteiger partial charge in [0.1, 0.15) is 0 Å². The Bertz CT molecular complexity index is 524. The molecule has 0 N–H and O–H groups in total. The van der Waals surface area contributed by atoms with E-state index in [0.29, 0.717) is 22.1 Å². The van der Waals surface area contributed by atoms with E-state index in [-0.39, 0.29) is 12.3 Å². The summed E-state index contributed by atoms with van der Waals surface area (Å²) in [5.41, 5.74) is 0.859. The molecule has 1 aromatic rings. The van der Waals surface area contributed by atoms with Crippen LogP contribution in [0.15, 0.2) is 22.7 Å². The average Bonchev–Trinajstić information content (AvgIpc) is 2.55. The number of nitrogens with zero attached hydrogens (tertiary/aromatic N) is 1. The first kappa shape index (κ1) is 12.0. The quantitative estimate of drug-likeness (QED) is 0.801. The third-order valence-corrected chi connectivity index (χ3v) is 3.34. The molecule has 0 radical (unpaired) electrons. The SMILES string of the molecule is CCC(=O)CN1C(=O)C(=O)c2c(Br)cccc21. The van der Waals surface area contributed by atoms with Crippen molar-refractivity contribution >= 4 is 39.1 Å². The highest BCUT2D eigenvalue weighted by atomic mass is 79.9. The number of hydrogen-bond donors (Lipinski definition) is 0. The van der Waals surface area contributed by atoms with Gasteiger partial charge in [0.15, 0.2) is 5.78 Å². The molecule has 0 aliphatic carbocycles. The second-order valence-corrected chi connectivity index (χ2v) is 4.60. The highest BCUT2D eigenvalue weighted by molar-refractivity contribution is 9.10. The number of Topliss-reactive ketones (excluding diaryl/α,β-unsaturated/α-hetero) is 2. The minimum Gasteiger partial charge on any atom is -0.298 e. The van der Waals surface area contributed by atoms with Gasteiger partial charge in [-0.1, -0.05) is 13.0 Å². The first-order valence-electron chi connectivity index (χ1n) is 5.22. The molecule has 0 saturated heterocycles. The van der Waals surface area contributed by atoms with Crippen molar-refractivity contribution in [1.82, 2.24) is 0 Å². The number of carbonyl (C=O) groups is 3. The summed E-state index contributed by atoms with van der Waals surface area (Å²) in [5.74, 6) is -1.26. The van der Waals surface area contributed by atoms with Crippen LogP contribution in [0, 0.1) is 0 Å². The summed E-state index contributed by atoms with van der Waals surface area (Å²) in [6.07, 6.45) is 0.349. The van der Waals surface area contributed by atoms with Crippen molar-refractivity contribution in [2.45, 2.75) is 13.3 Å². The maximum atomic E-state index is 11.8. The van der Waals surface area contributed by atoms with Crippen molar-refractivity contribution in [1.29, 1.82) is 0 Å². The number of ketones is 2. The monoisotopic (exact) mass is 295 g/mol. The van der Waals surface area contributed by atoms with Gasteiger partial charge < -0.3 is 0 Å². The van der Waals surface area contributed by atoms with Crippen LogP contribution in [0.1, 0.15) is 23.7 Å². The molecule has 0 atom stereocenters. The third-order valence-electron chi connectivity index (χ3n) is 2.68. The number of anilines is 1. The van der Waals surface area contributed by atoms with Gasteiger partial charge in [-0.2, -0.15) is 0 Å². The second kappa shape index (κ2) is 4.41. The topological polar surface area (TPSA) is 54.5 Å². The Morgan fingerprint density at radius 2 is 2.06 bits per heavy atom. The fourth-order valence-electron chi connectivity index (χ4n) is 1.75. The predicted molar refractivity (Wildman–Crippen MR) is 66.1 cm³/mol. The Labute approximate surface area is 107 Å². The maximum absolute atomic E-state index is 11.8. The zero-order valence-electron chi connectivity index (χ0n) is 9.20. The number of amides is 1. The number of halogens is 1. The first-order chi connectivity index (χ1) is 8.06. The molecule has 4 nitrogen and oxygen atoms in total. The van der Waals surface area contributed by atoms with Crippen LogP contribution in [0.25, 0.3) is 0 Å². The summed E-state index contributed by atoms with van der Waals surface area (Å²) in [5, 5.41) is 0. The van der Waals surface area contributed by atoms with Crippen LogP contribution in [-0.2, 0) is 9.59 Å². The fraction of sp³-hybridized carbons (Fsp3) is 0.250. The average molecular weight is 296 g/mol. The van der Waals surface area contributed by atoms with Gasteiger partial charge in [0.25, 0.3) is 11.7 Å². The van der Waals surface area contributed by atoms with Crippen LogP contribution < -0.4 is 4.90 Å². The minimum absolute atomic E-state index is 0.0372. The van der Waals surface area contributed by atoms with E-state index in [1.165, 1.54) is 4.90 Å². The molecular weight excluding hydrogens is 286 g/mol. The van der Waals surface area contributed by atoms with E-state index in [4.69, 9.17) is 0 Å². The molecule has 0 unspecified atom stereocenters. The molecule has 0 bridgehead atoms. The van der Waals surface area contributed by atoms with Crippen molar-refractivity contribution in [3.63, 3.8) is 0 Å². The minimum atomic E-state index is -0.631. The molecule has 0 saturated carbocycles. The van der Waals surface area contributed by atoms with Crippen LogP contribution in [0.5, 0.6) is 0 Å². The lowest BCUT2D eigenvalue weighted by molar-refractivity contribution is -0.120. The smallest absolute Gasteiger partial charge is 0.298 e. The predicted octanol–water partition coefficient (Wildman–Crippen LogP) is 1.96. The van der Waals surface area contributed by atoms with E-state index in [1.807, 2.05) is 0 Å². The van der Waals surface area contributed by atoms with E-state index < -0.39 is 11.7 Å². The lowest BCUT2D eigenvalue weighted by Crippen LogP contribution is -2.34. The van der Waals surface area contributed by atoms with E-state index >= 15 is 0 Å². The Morgan fingerprint density at radius 1 is 1.35 bits per heavy atom. The first-order valence-corrected chi connectivity index (χ1v) is 6.02. The highest BCUT2D eigenvalue weighted by Crippen LogP contribution is 2.34. The van der Waals surface area contributed by atoms with Gasteiger partial charge in [-0.25, -0.2) is 0 Å². The third kappa shape index (κ3) is 1.91. The molecule has 1 amide bonds. The summed E-state index contributed by atoms with van der Waals surface area (Å²) in [6.45, 7) is 1.69. The Morgan fingerprint density at radius 3 is 2.71 bits per heavy atom. The van der Waals surface area contributed by atoms with E-state index in [2.05, 4.69) is 15.9 Å². The molecule has 0 spiro atoms. The van der Waals surface area contributed by atoms with Crippen molar-refractivity contribution < 1.29 is 14.4 Å². The number of benzene rings is 1. The Balaban J connectivity index is 2.45. The molecule has 1 aromatic carbocycles. The summed E-state index contributed by atoms with van der Waals surface area (Å²) >= 11 is 3.24. The molecule has 0 fully saturated rings. The lowest BCUT2D eigenvalue weighted by Gasteiger charge is -2.14. The summed E-state index contributed by atoms with van der Waals surface area (Å²) in [6, 6.07) is 5.11. The molecule has 5 heteroatoms. The molecule has 88 valence electrons. The maximum Gasteiger partial charge on any atom is 0.299 e. The molecular formula is C12H10BrNO3. The van der Waals surface area contributed by atoms with Crippen LogP contribution in [0.4, 0.5) is 5.69 Å². The Hall–Kier alpha value is -1.49. The number of hydrogen-bond acceptors (Lipinski definition) is 3. The van der Waals surface area contributed by atoms with Gasteiger partial charge in [0.05, 0.1) is 17.8 Å². The summed E-state index contributed by atoms with van der Waals surface area (Å²) in [7, 11) is 0. The number of carbonyl (C=O) groups excluding carboxylic acids is 3. The van der Waals surface area contributed by atoms with Crippen molar-refractivity contribution in [2.24, 2.45) is 0 Å². The lowest BCUT2D eigenvalue weighted by atomic mass is 10.1. The Kier molecular flexibility index (Phi) is 3.11. The molecule has 17 heavy (non-hydrogen) atoms. The van der Waals surface area contributed by atoms with Gasteiger partial charge in [-0.15, -0.1) is 0 Å². The van der Waals surface area contributed by atoms with Gasteiger partial charge in [-0.05, 0) is 28.1 Å².